The Kier molecular flexibility index (Phi) is 49.5. The second-order valence-corrected chi connectivity index (χ2v) is 28.4. The van der Waals surface area contributed by atoms with Gasteiger partial charge < -0.3 is 89.1 Å². The van der Waals surface area contributed by atoms with Crippen molar-refractivity contribution in [2.75, 3.05) is 26.4 Å². The standard InChI is InChI=1S/C72H131O24P/c1-4-7-10-13-16-19-22-25-28-31-34-37-40-43-46-56(74)88-50-53(91-58(76)48-45-42-39-36-33-30-27-24-21-18-15-12-9-6-3)51-90-97(86,87)96-70-68(94-71-66(84)61(79)59(77)54(49-73)92-71)64(82)63(81)65(83)69(70)95-72-67(85)62(80)60(78)55(93-72)52-89-57(75)47-44-41-38-35-32-29-26-23-20-17-14-11-8-5-2/h28,30-31,33,53-55,59-73,77-85H,4-27,29,32,34-52H2,1-3H3,(H,86,87)/b31-28-,33-30-. The number of phosphoric ester groups is 1. The van der Waals surface area contributed by atoms with Crippen molar-refractivity contribution in [2.45, 2.75) is 388 Å². The summed E-state index contributed by atoms with van der Waals surface area (Å²) >= 11 is 0. The van der Waals surface area contributed by atoms with Gasteiger partial charge in [-0.3, -0.25) is 23.4 Å². The summed E-state index contributed by atoms with van der Waals surface area (Å²) in [5.74, 6) is -2.02. The molecule has 97 heavy (non-hydrogen) atoms. The van der Waals surface area contributed by atoms with E-state index in [1.807, 2.05) is 0 Å². The summed E-state index contributed by atoms with van der Waals surface area (Å²) in [5, 5.41) is 110. The predicted octanol–water partition coefficient (Wildman–Crippen LogP) is 10.1. The average Bonchev–Trinajstić information content (AvgIpc) is 0.763. The van der Waals surface area contributed by atoms with E-state index in [4.69, 9.17) is 42.2 Å². The van der Waals surface area contributed by atoms with Gasteiger partial charge in [-0.1, -0.05) is 218 Å². The molecule has 11 N–H and O–H groups in total. The fourth-order valence-electron chi connectivity index (χ4n) is 12.3. The van der Waals surface area contributed by atoms with Crippen LogP contribution in [-0.4, -0.2) is 204 Å². The topological polar surface area (TPSA) is 374 Å². The molecule has 3 aliphatic rings. The van der Waals surface area contributed by atoms with E-state index in [9.17, 15) is 74.9 Å². The minimum Gasteiger partial charge on any atom is -0.463 e. The molecule has 568 valence electrons. The third-order valence-corrected chi connectivity index (χ3v) is 19.4. The number of allylic oxidation sites excluding steroid dienone is 4. The number of carbonyl (C=O) groups is 3. The molecule has 2 heterocycles. The smallest absolute Gasteiger partial charge is 0.463 e. The summed E-state index contributed by atoms with van der Waals surface area (Å²) in [5.41, 5.74) is 0. The van der Waals surface area contributed by atoms with Gasteiger partial charge in [0.15, 0.2) is 18.7 Å². The van der Waals surface area contributed by atoms with Gasteiger partial charge in [-0.15, -0.1) is 0 Å². The number of unbranched alkanes of at least 4 members (excludes halogenated alkanes) is 33. The van der Waals surface area contributed by atoms with Crippen LogP contribution in [-0.2, 0) is 61.2 Å². The van der Waals surface area contributed by atoms with Crippen molar-refractivity contribution < 1.29 is 117 Å². The van der Waals surface area contributed by atoms with Gasteiger partial charge in [0, 0.05) is 19.3 Å². The largest absolute Gasteiger partial charge is 0.472 e. The van der Waals surface area contributed by atoms with Crippen LogP contribution in [0.15, 0.2) is 24.3 Å². The molecule has 0 aromatic heterocycles. The Balaban J connectivity index is 1.74. The van der Waals surface area contributed by atoms with E-state index in [0.717, 1.165) is 89.9 Å². The summed E-state index contributed by atoms with van der Waals surface area (Å²) in [6.45, 7) is 3.41. The number of phosphoric acid groups is 1. The van der Waals surface area contributed by atoms with Gasteiger partial charge in [0.25, 0.3) is 0 Å². The molecule has 18 atom stereocenters. The fraction of sp³-hybridized carbons (Fsp3) is 0.903. The third kappa shape index (κ3) is 37.4. The first kappa shape index (κ1) is 88.7. The lowest BCUT2D eigenvalue weighted by molar-refractivity contribution is -0.360. The highest BCUT2D eigenvalue weighted by Crippen LogP contribution is 2.49. The summed E-state index contributed by atoms with van der Waals surface area (Å²) < 4.78 is 64.9. The summed E-state index contributed by atoms with van der Waals surface area (Å²) in [4.78, 5) is 50.9. The van der Waals surface area contributed by atoms with Crippen LogP contribution in [0.25, 0.3) is 0 Å². The van der Waals surface area contributed by atoms with Gasteiger partial charge in [-0.2, -0.15) is 0 Å². The van der Waals surface area contributed by atoms with E-state index in [1.165, 1.54) is 128 Å². The molecule has 0 aromatic carbocycles. The Morgan fingerprint density at radius 1 is 0.392 bits per heavy atom. The molecule has 0 spiro atoms. The normalized spacial score (nSPS) is 27.9. The van der Waals surface area contributed by atoms with Crippen LogP contribution in [0, 0.1) is 0 Å². The Hall–Kier alpha value is -2.56. The molecule has 2 saturated heterocycles. The Labute approximate surface area is 579 Å². The lowest BCUT2D eigenvalue weighted by Crippen LogP contribution is -2.69. The van der Waals surface area contributed by atoms with Crippen LogP contribution >= 0.6 is 7.82 Å². The van der Waals surface area contributed by atoms with E-state index in [0.29, 0.717) is 25.7 Å². The lowest BCUT2D eigenvalue weighted by atomic mass is 9.84. The maximum Gasteiger partial charge on any atom is 0.472 e. The van der Waals surface area contributed by atoms with Crippen molar-refractivity contribution in [3.05, 3.63) is 24.3 Å². The molecule has 0 radical (unpaired) electrons. The van der Waals surface area contributed by atoms with Gasteiger partial charge in [-0.25, -0.2) is 4.57 Å². The summed E-state index contributed by atoms with van der Waals surface area (Å²) in [6.07, 6.45) is 13.9. The zero-order valence-corrected chi connectivity index (χ0v) is 60.0. The van der Waals surface area contributed by atoms with Crippen molar-refractivity contribution >= 4 is 25.7 Å². The Bertz CT molecular complexity index is 2110. The quantitative estimate of drug-likeness (QED) is 0.00886. The minimum atomic E-state index is -5.70. The van der Waals surface area contributed by atoms with E-state index < -0.39 is 156 Å². The number of carbonyl (C=O) groups excluding carboxylic acids is 3. The highest BCUT2D eigenvalue weighted by atomic mass is 31.2. The van der Waals surface area contributed by atoms with Crippen LogP contribution in [0.5, 0.6) is 0 Å². The molecule has 24 nitrogen and oxygen atoms in total. The summed E-state index contributed by atoms with van der Waals surface area (Å²) in [6, 6.07) is 0. The second-order valence-electron chi connectivity index (χ2n) is 27.0. The molecule has 0 aromatic rings. The van der Waals surface area contributed by atoms with Crippen molar-refractivity contribution in [3.8, 4) is 0 Å². The molecule has 2 aliphatic heterocycles. The van der Waals surface area contributed by atoms with Crippen LogP contribution in [0.2, 0.25) is 0 Å². The number of hydrogen-bond donors (Lipinski definition) is 11. The van der Waals surface area contributed by atoms with Crippen LogP contribution in [0.3, 0.4) is 0 Å². The van der Waals surface area contributed by atoms with Crippen LogP contribution in [0.1, 0.15) is 284 Å². The number of aliphatic hydroxyl groups is 10. The zero-order valence-electron chi connectivity index (χ0n) is 59.1. The second kappa shape index (κ2) is 54.1. The maximum atomic E-state index is 14.3. The first-order valence-corrected chi connectivity index (χ1v) is 39.1. The number of esters is 3. The molecule has 1 aliphatic carbocycles. The average molecular weight is 1410 g/mol. The van der Waals surface area contributed by atoms with Crippen molar-refractivity contribution in [3.63, 3.8) is 0 Å². The number of ether oxygens (including phenoxy) is 7. The van der Waals surface area contributed by atoms with Crippen molar-refractivity contribution in [2.24, 2.45) is 0 Å². The highest BCUT2D eigenvalue weighted by molar-refractivity contribution is 7.47. The van der Waals surface area contributed by atoms with E-state index >= 15 is 0 Å². The van der Waals surface area contributed by atoms with Crippen LogP contribution < -0.4 is 0 Å². The number of aliphatic hydroxyl groups excluding tert-OH is 10. The predicted molar refractivity (Wildman–Crippen MR) is 365 cm³/mol. The number of hydrogen-bond acceptors (Lipinski definition) is 23. The molecule has 1 saturated carbocycles. The first-order valence-electron chi connectivity index (χ1n) is 37.6. The highest BCUT2D eigenvalue weighted by Gasteiger charge is 2.58. The van der Waals surface area contributed by atoms with Gasteiger partial charge in [0.1, 0.15) is 98.7 Å². The van der Waals surface area contributed by atoms with E-state index in [1.54, 1.807) is 0 Å². The Morgan fingerprint density at radius 2 is 0.722 bits per heavy atom. The molecular formula is C72H131O24P. The summed E-state index contributed by atoms with van der Waals surface area (Å²) in [7, 11) is -5.70. The molecule has 3 fully saturated rings. The molecule has 25 heteroatoms. The van der Waals surface area contributed by atoms with Gasteiger partial charge in [0.05, 0.1) is 13.2 Å². The van der Waals surface area contributed by atoms with Gasteiger partial charge >= 0.3 is 25.7 Å². The Morgan fingerprint density at radius 3 is 1.12 bits per heavy atom. The molecule has 3 rings (SSSR count). The van der Waals surface area contributed by atoms with Crippen molar-refractivity contribution in [1.82, 2.24) is 0 Å². The SMILES string of the molecule is CCCCCCCCC/C=C\CCCCCC(=O)OCC(COP(=O)(O)OC1C(OC2OC(CO)C(O)C(O)C2O)C(O)C(O)C(O)C1OC1OC(COC(=O)CCCCCCCCCCCCCCCC)C(O)C(O)C1O)OC(=O)CCCCC/C=C\CCCCCCCCC. The first-order chi connectivity index (χ1) is 46.8. The van der Waals surface area contributed by atoms with E-state index in [-0.39, 0.29) is 19.3 Å². The molecular weight excluding hydrogens is 1280 g/mol. The van der Waals surface area contributed by atoms with E-state index in [2.05, 4.69) is 45.1 Å². The molecule has 18 unspecified atom stereocenters. The zero-order chi connectivity index (χ0) is 71.1. The van der Waals surface area contributed by atoms with Gasteiger partial charge in [-0.05, 0) is 70.6 Å². The maximum absolute atomic E-state index is 14.3. The molecule has 0 amide bonds. The monoisotopic (exact) mass is 1410 g/mol. The van der Waals surface area contributed by atoms with Crippen molar-refractivity contribution in [1.29, 1.82) is 0 Å². The van der Waals surface area contributed by atoms with Crippen LogP contribution in [0.4, 0.5) is 0 Å². The minimum absolute atomic E-state index is 0.0224. The number of rotatable bonds is 58. The third-order valence-electron chi connectivity index (χ3n) is 18.5. The fourth-order valence-corrected chi connectivity index (χ4v) is 13.2. The molecule has 0 bridgehead atoms. The van der Waals surface area contributed by atoms with Gasteiger partial charge in [0.2, 0.25) is 0 Å². The lowest BCUT2D eigenvalue weighted by Gasteiger charge is -2.49.